The fraction of sp³-hybridized carbons (Fsp3) is 0.182. The van der Waals surface area contributed by atoms with E-state index in [9.17, 15) is 13.6 Å². The van der Waals surface area contributed by atoms with Gasteiger partial charge in [0.2, 0.25) is 5.88 Å². The van der Waals surface area contributed by atoms with Crippen molar-refractivity contribution in [3.8, 4) is 28.8 Å². The van der Waals surface area contributed by atoms with Gasteiger partial charge in [-0.1, -0.05) is 6.07 Å². The van der Waals surface area contributed by atoms with E-state index in [-0.39, 0.29) is 19.0 Å². The molecule has 2 heterocycles. The number of fused-ring (bicyclic) bond motifs is 1. The Labute approximate surface area is 186 Å². The monoisotopic (exact) mass is 455 g/mol. The number of halogens is 2. The molecule has 33 heavy (non-hydrogen) atoms. The van der Waals surface area contributed by atoms with Crippen molar-refractivity contribution in [2.24, 2.45) is 0 Å². The highest BCUT2D eigenvalue weighted by atomic mass is 19.1. The van der Waals surface area contributed by atoms with Gasteiger partial charge in [0.15, 0.2) is 23.0 Å². The van der Waals surface area contributed by atoms with Crippen molar-refractivity contribution in [3.63, 3.8) is 0 Å². The molecule has 2 aromatic carbocycles. The van der Waals surface area contributed by atoms with Crippen molar-refractivity contribution in [3.05, 3.63) is 65.7 Å². The summed E-state index contributed by atoms with van der Waals surface area (Å²) in [5, 5.41) is 15.1. The minimum atomic E-state index is -0.934. The highest BCUT2D eigenvalue weighted by Crippen LogP contribution is 2.31. The zero-order valence-corrected chi connectivity index (χ0v) is 17.7. The summed E-state index contributed by atoms with van der Waals surface area (Å²) in [7, 11) is 3.08. The third kappa shape index (κ3) is 4.52. The predicted molar refractivity (Wildman–Crippen MR) is 114 cm³/mol. The number of methoxy groups -OCH3 is 2. The molecule has 0 aliphatic rings. The van der Waals surface area contributed by atoms with Crippen LogP contribution in [0.15, 0.2) is 48.5 Å². The van der Waals surface area contributed by atoms with Gasteiger partial charge in [0.25, 0.3) is 5.91 Å². The van der Waals surface area contributed by atoms with Crippen LogP contribution in [-0.4, -0.2) is 53.1 Å². The standard InChI is InChI=1S/C22H19F2N5O4/c1-31-16-7-6-13(12-17(16)32-2)21-27-26-18-8-9-19(28-29(18)21)33-11-10-25-22(30)20-14(23)4-3-5-15(20)24/h3-9,12H,10-11H2,1-2H3,(H,25,30). The summed E-state index contributed by atoms with van der Waals surface area (Å²) in [6.07, 6.45) is 0. The average Bonchev–Trinajstić information content (AvgIpc) is 3.24. The zero-order valence-electron chi connectivity index (χ0n) is 17.7. The number of rotatable bonds is 8. The van der Waals surface area contributed by atoms with Crippen molar-refractivity contribution in [1.82, 2.24) is 25.1 Å². The predicted octanol–water partition coefficient (Wildman–Crippen LogP) is 2.90. The Morgan fingerprint density at radius 1 is 1.00 bits per heavy atom. The van der Waals surface area contributed by atoms with E-state index in [0.717, 1.165) is 12.1 Å². The molecule has 0 aliphatic heterocycles. The maximum absolute atomic E-state index is 13.7. The maximum atomic E-state index is 13.7. The molecule has 0 radical (unpaired) electrons. The van der Waals surface area contributed by atoms with Gasteiger partial charge in [0.05, 0.1) is 20.8 Å². The van der Waals surface area contributed by atoms with Crippen molar-refractivity contribution >= 4 is 11.6 Å². The van der Waals surface area contributed by atoms with Crippen LogP contribution in [0.3, 0.4) is 0 Å². The van der Waals surface area contributed by atoms with Crippen molar-refractivity contribution in [1.29, 1.82) is 0 Å². The second kappa shape index (κ2) is 9.47. The highest BCUT2D eigenvalue weighted by molar-refractivity contribution is 5.94. The lowest BCUT2D eigenvalue weighted by Crippen LogP contribution is -2.29. The number of aromatic nitrogens is 4. The number of ether oxygens (including phenoxy) is 3. The average molecular weight is 455 g/mol. The number of carbonyl (C=O) groups is 1. The minimum Gasteiger partial charge on any atom is -0.493 e. The van der Waals surface area contributed by atoms with E-state index < -0.39 is 23.1 Å². The van der Waals surface area contributed by atoms with Gasteiger partial charge >= 0.3 is 0 Å². The topological polar surface area (TPSA) is 99.9 Å². The van der Waals surface area contributed by atoms with E-state index in [1.807, 2.05) is 0 Å². The number of benzene rings is 2. The Morgan fingerprint density at radius 2 is 1.76 bits per heavy atom. The molecule has 0 bridgehead atoms. The molecule has 2 aromatic heterocycles. The zero-order chi connectivity index (χ0) is 23.4. The molecule has 0 saturated carbocycles. The van der Waals surface area contributed by atoms with Gasteiger partial charge in [0.1, 0.15) is 23.8 Å². The van der Waals surface area contributed by atoms with Gasteiger partial charge in [-0.3, -0.25) is 4.79 Å². The quantitative estimate of drug-likeness (QED) is 0.408. The van der Waals surface area contributed by atoms with E-state index in [1.165, 1.54) is 17.7 Å². The molecule has 4 aromatic rings. The van der Waals surface area contributed by atoms with E-state index in [2.05, 4.69) is 20.6 Å². The molecule has 1 amide bonds. The van der Waals surface area contributed by atoms with Crippen molar-refractivity contribution in [2.45, 2.75) is 0 Å². The van der Waals surface area contributed by atoms with Crippen LogP contribution in [0.25, 0.3) is 17.0 Å². The molecule has 0 spiro atoms. The molecule has 0 unspecified atom stereocenters. The first kappa shape index (κ1) is 21.9. The van der Waals surface area contributed by atoms with E-state index in [4.69, 9.17) is 14.2 Å². The number of carbonyl (C=O) groups excluding carboxylic acids is 1. The Kier molecular flexibility index (Phi) is 6.29. The van der Waals surface area contributed by atoms with Crippen LogP contribution in [0.1, 0.15) is 10.4 Å². The van der Waals surface area contributed by atoms with Gasteiger partial charge in [-0.05, 0) is 36.4 Å². The summed E-state index contributed by atoms with van der Waals surface area (Å²) >= 11 is 0. The number of amides is 1. The lowest BCUT2D eigenvalue weighted by molar-refractivity contribution is 0.0938. The fourth-order valence-electron chi connectivity index (χ4n) is 3.13. The van der Waals surface area contributed by atoms with Crippen LogP contribution in [-0.2, 0) is 0 Å². The number of hydrogen-bond acceptors (Lipinski definition) is 7. The summed E-state index contributed by atoms with van der Waals surface area (Å²) in [6, 6.07) is 11.8. The third-order valence-corrected chi connectivity index (χ3v) is 4.71. The molecule has 0 atom stereocenters. The van der Waals surface area contributed by atoms with E-state index in [1.54, 1.807) is 37.4 Å². The second-order valence-electron chi connectivity index (χ2n) is 6.74. The lowest BCUT2D eigenvalue weighted by atomic mass is 10.2. The first-order valence-corrected chi connectivity index (χ1v) is 9.81. The maximum Gasteiger partial charge on any atom is 0.257 e. The summed E-state index contributed by atoms with van der Waals surface area (Å²) < 4.78 is 45.0. The van der Waals surface area contributed by atoms with Crippen LogP contribution in [0, 0.1) is 11.6 Å². The highest BCUT2D eigenvalue weighted by Gasteiger charge is 2.17. The van der Waals surface area contributed by atoms with Crippen LogP contribution >= 0.6 is 0 Å². The molecule has 0 fully saturated rings. The van der Waals surface area contributed by atoms with Crippen molar-refractivity contribution in [2.75, 3.05) is 27.4 Å². The Morgan fingerprint density at radius 3 is 2.48 bits per heavy atom. The summed E-state index contributed by atoms with van der Waals surface area (Å²) in [6.45, 7) is 0.0329. The molecule has 9 nitrogen and oxygen atoms in total. The third-order valence-electron chi connectivity index (χ3n) is 4.71. The fourth-order valence-corrected chi connectivity index (χ4v) is 3.13. The van der Waals surface area contributed by atoms with E-state index in [0.29, 0.717) is 28.5 Å². The summed E-state index contributed by atoms with van der Waals surface area (Å²) in [5.41, 5.74) is 0.556. The molecule has 11 heteroatoms. The summed E-state index contributed by atoms with van der Waals surface area (Å²) in [4.78, 5) is 12.0. The first-order valence-electron chi connectivity index (χ1n) is 9.81. The minimum absolute atomic E-state index is 0.0110. The Balaban J connectivity index is 1.45. The second-order valence-corrected chi connectivity index (χ2v) is 6.74. The molecular formula is C22H19F2N5O4. The largest absolute Gasteiger partial charge is 0.493 e. The van der Waals surface area contributed by atoms with Crippen molar-refractivity contribution < 1.29 is 27.8 Å². The SMILES string of the molecule is COc1ccc(-c2nnc3ccc(OCCNC(=O)c4c(F)cccc4F)nn23)cc1OC. The number of nitrogens with zero attached hydrogens (tertiary/aromatic N) is 4. The molecule has 170 valence electrons. The number of hydrogen-bond donors (Lipinski definition) is 1. The van der Waals surface area contributed by atoms with Gasteiger partial charge in [-0.2, -0.15) is 4.52 Å². The normalized spacial score (nSPS) is 10.8. The Bertz CT molecular complexity index is 1290. The smallest absolute Gasteiger partial charge is 0.257 e. The molecule has 0 aliphatic carbocycles. The van der Waals surface area contributed by atoms with Crippen LogP contribution in [0.4, 0.5) is 8.78 Å². The lowest BCUT2D eigenvalue weighted by Gasteiger charge is -2.10. The molecule has 0 saturated heterocycles. The molecular weight excluding hydrogens is 436 g/mol. The van der Waals surface area contributed by atoms with Gasteiger partial charge in [-0.15, -0.1) is 15.3 Å². The Hall–Kier alpha value is -4.28. The van der Waals surface area contributed by atoms with Gasteiger partial charge in [-0.25, -0.2) is 8.78 Å². The van der Waals surface area contributed by atoms with Gasteiger partial charge in [0, 0.05) is 11.6 Å². The van der Waals surface area contributed by atoms with Crippen LogP contribution in [0.2, 0.25) is 0 Å². The number of nitrogens with one attached hydrogen (secondary N) is 1. The molecule has 1 N–H and O–H groups in total. The molecule has 4 rings (SSSR count). The first-order chi connectivity index (χ1) is 16.0. The van der Waals surface area contributed by atoms with Crippen LogP contribution < -0.4 is 19.5 Å². The summed E-state index contributed by atoms with van der Waals surface area (Å²) in [5.74, 6) is -0.931. The van der Waals surface area contributed by atoms with Gasteiger partial charge < -0.3 is 19.5 Å². The van der Waals surface area contributed by atoms with Crippen LogP contribution in [0.5, 0.6) is 17.4 Å². The van der Waals surface area contributed by atoms with E-state index >= 15 is 0 Å².